The van der Waals surface area contributed by atoms with Crippen molar-refractivity contribution in [1.29, 1.82) is 0 Å². The Morgan fingerprint density at radius 1 is 1.04 bits per heavy atom. The van der Waals surface area contributed by atoms with Crippen LogP contribution < -0.4 is 14.8 Å². The molecule has 0 radical (unpaired) electrons. The molecular weight excluding hydrogens is 336 g/mol. The fraction of sp³-hybridized carbons (Fsp3) is 0.478. The third kappa shape index (κ3) is 6.26. The van der Waals surface area contributed by atoms with Crippen molar-refractivity contribution < 1.29 is 9.47 Å². The van der Waals surface area contributed by atoms with E-state index < -0.39 is 0 Å². The van der Waals surface area contributed by atoms with Crippen molar-refractivity contribution >= 4 is 0 Å². The summed E-state index contributed by atoms with van der Waals surface area (Å²) in [6.45, 7) is 8.23. The van der Waals surface area contributed by atoms with Crippen LogP contribution in [-0.4, -0.2) is 44.8 Å². The van der Waals surface area contributed by atoms with Gasteiger partial charge in [-0.2, -0.15) is 0 Å². The average molecular weight is 369 g/mol. The van der Waals surface area contributed by atoms with Crippen LogP contribution >= 0.6 is 0 Å². The van der Waals surface area contributed by atoms with Gasteiger partial charge in [-0.25, -0.2) is 0 Å². The number of hydrogen-bond acceptors (Lipinski definition) is 4. The summed E-state index contributed by atoms with van der Waals surface area (Å²) in [6, 6.07) is 16.7. The van der Waals surface area contributed by atoms with Gasteiger partial charge in [0.1, 0.15) is 6.61 Å². The third-order valence-electron chi connectivity index (χ3n) is 5.23. The molecule has 0 amide bonds. The van der Waals surface area contributed by atoms with Crippen LogP contribution in [0.3, 0.4) is 0 Å². The van der Waals surface area contributed by atoms with E-state index in [9.17, 15) is 0 Å². The lowest BCUT2D eigenvalue weighted by Gasteiger charge is -2.32. The molecule has 1 N–H and O–H groups in total. The number of hydrogen-bond donors (Lipinski definition) is 1. The largest absolute Gasteiger partial charge is 0.493 e. The maximum atomic E-state index is 5.81. The number of nitrogens with one attached hydrogen (secondary N) is 1. The van der Waals surface area contributed by atoms with E-state index in [2.05, 4.69) is 41.4 Å². The zero-order chi connectivity index (χ0) is 18.9. The van der Waals surface area contributed by atoms with Crippen LogP contribution in [0.4, 0.5) is 0 Å². The van der Waals surface area contributed by atoms with Gasteiger partial charge in [-0.15, -0.1) is 0 Å². The van der Waals surface area contributed by atoms with Crippen molar-refractivity contribution in [2.75, 3.05) is 39.9 Å². The lowest BCUT2D eigenvalue weighted by atomic mass is 9.96. The molecule has 4 nitrogen and oxygen atoms in total. The molecule has 2 aromatic carbocycles. The minimum Gasteiger partial charge on any atom is -0.493 e. The maximum absolute atomic E-state index is 5.81. The average Bonchev–Trinajstić information content (AvgIpc) is 2.69. The minimum absolute atomic E-state index is 0.659. The number of aryl methyl sites for hydroxylation is 1. The molecule has 146 valence electrons. The van der Waals surface area contributed by atoms with E-state index in [1.807, 2.05) is 24.3 Å². The van der Waals surface area contributed by atoms with E-state index in [1.165, 1.54) is 37.1 Å². The highest BCUT2D eigenvalue weighted by atomic mass is 16.5. The summed E-state index contributed by atoms with van der Waals surface area (Å²) in [4.78, 5) is 2.58. The molecule has 27 heavy (non-hydrogen) atoms. The van der Waals surface area contributed by atoms with Crippen molar-refractivity contribution in [3.05, 3.63) is 59.7 Å². The lowest BCUT2D eigenvalue weighted by Crippen LogP contribution is -2.37. The second-order valence-corrected chi connectivity index (χ2v) is 7.41. The number of piperidine rings is 1. The monoisotopic (exact) mass is 368 g/mol. The van der Waals surface area contributed by atoms with Gasteiger partial charge in [0.05, 0.1) is 7.11 Å². The third-order valence-corrected chi connectivity index (χ3v) is 5.23. The number of ether oxygens (including phenoxy) is 2. The molecule has 0 aromatic heterocycles. The predicted octanol–water partition coefficient (Wildman–Crippen LogP) is 3.88. The Morgan fingerprint density at radius 2 is 1.81 bits per heavy atom. The van der Waals surface area contributed by atoms with Gasteiger partial charge in [0, 0.05) is 13.1 Å². The number of nitrogens with zero attached hydrogens (tertiary/aromatic N) is 1. The molecule has 0 aliphatic carbocycles. The smallest absolute Gasteiger partial charge is 0.161 e. The zero-order valence-electron chi connectivity index (χ0n) is 16.6. The predicted molar refractivity (Wildman–Crippen MR) is 111 cm³/mol. The van der Waals surface area contributed by atoms with Gasteiger partial charge in [0.25, 0.3) is 0 Å². The standard InChI is InChI=1S/C23H32N2O2/c1-19-6-5-7-21(16-19)18-25-13-10-20(11-14-25)17-24-12-15-27-23-9-4-3-8-22(23)26-2/h3-9,16,20,24H,10-15,17-18H2,1-2H3. The number of para-hydroxylation sites is 2. The highest BCUT2D eigenvalue weighted by Gasteiger charge is 2.18. The summed E-state index contributed by atoms with van der Waals surface area (Å²) in [5, 5.41) is 3.55. The molecule has 2 aromatic rings. The first kappa shape index (κ1) is 19.7. The lowest BCUT2D eigenvalue weighted by molar-refractivity contribution is 0.174. The van der Waals surface area contributed by atoms with Gasteiger partial charge in [0.2, 0.25) is 0 Å². The van der Waals surface area contributed by atoms with Gasteiger partial charge >= 0.3 is 0 Å². The van der Waals surface area contributed by atoms with Crippen LogP contribution in [0.2, 0.25) is 0 Å². The van der Waals surface area contributed by atoms with E-state index in [-0.39, 0.29) is 0 Å². The number of benzene rings is 2. The zero-order valence-corrected chi connectivity index (χ0v) is 16.6. The van der Waals surface area contributed by atoms with Gasteiger partial charge < -0.3 is 14.8 Å². The second kappa shape index (κ2) is 10.3. The number of likely N-dealkylation sites (tertiary alicyclic amines) is 1. The molecule has 1 aliphatic heterocycles. The summed E-state index contributed by atoms with van der Waals surface area (Å²) in [5.74, 6) is 2.37. The highest BCUT2D eigenvalue weighted by molar-refractivity contribution is 5.39. The first-order valence-corrected chi connectivity index (χ1v) is 9.99. The molecule has 1 saturated heterocycles. The van der Waals surface area contributed by atoms with E-state index >= 15 is 0 Å². The van der Waals surface area contributed by atoms with Gasteiger partial charge in [-0.1, -0.05) is 42.0 Å². The summed E-state index contributed by atoms with van der Waals surface area (Å²) in [7, 11) is 1.67. The first-order valence-electron chi connectivity index (χ1n) is 9.99. The number of rotatable bonds is 9. The van der Waals surface area contributed by atoms with E-state index in [1.54, 1.807) is 7.11 Å². The molecule has 0 unspecified atom stereocenters. The van der Waals surface area contributed by atoms with Crippen LogP contribution in [0.5, 0.6) is 11.5 Å². The number of methoxy groups -OCH3 is 1. The quantitative estimate of drug-likeness (QED) is 0.681. The molecule has 0 spiro atoms. The highest BCUT2D eigenvalue weighted by Crippen LogP contribution is 2.25. The normalized spacial score (nSPS) is 15.6. The van der Waals surface area contributed by atoms with Crippen molar-refractivity contribution in [2.24, 2.45) is 5.92 Å². The molecule has 1 heterocycles. The van der Waals surface area contributed by atoms with E-state index in [0.29, 0.717) is 6.61 Å². The van der Waals surface area contributed by atoms with Crippen LogP contribution in [-0.2, 0) is 6.54 Å². The molecular formula is C23H32N2O2. The Morgan fingerprint density at radius 3 is 2.56 bits per heavy atom. The Labute approximate surface area is 163 Å². The topological polar surface area (TPSA) is 33.7 Å². The Bertz CT molecular complexity index is 696. The van der Waals surface area contributed by atoms with E-state index in [0.717, 1.165) is 37.1 Å². The minimum atomic E-state index is 0.659. The molecule has 4 heteroatoms. The maximum Gasteiger partial charge on any atom is 0.161 e. The first-order chi connectivity index (χ1) is 13.2. The molecule has 0 atom stereocenters. The fourth-order valence-electron chi connectivity index (χ4n) is 3.69. The Balaban J connectivity index is 1.29. The Kier molecular flexibility index (Phi) is 7.55. The van der Waals surface area contributed by atoms with Crippen LogP contribution in [0.15, 0.2) is 48.5 Å². The summed E-state index contributed by atoms with van der Waals surface area (Å²) in [5.41, 5.74) is 2.78. The van der Waals surface area contributed by atoms with Gasteiger partial charge in [-0.05, 0) is 63.0 Å². The fourth-order valence-corrected chi connectivity index (χ4v) is 3.69. The molecule has 3 rings (SSSR count). The van der Waals surface area contributed by atoms with Crippen molar-refractivity contribution in [2.45, 2.75) is 26.3 Å². The van der Waals surface area contributed by atoms with Crippen LogP contribution in [0.1, 0.15) is 24.0 Å². The SMILES string of the molecule is COc1ccccc1OCCNCC1CCN(Cc2cccc(C)c2)CC1. The molecule has 1 aliphatic rings. The van der Waals surface area contributed by atoms with Crippen molar-refractivity contribution in [3.63, 3.8) is 0 Å². The molecule has 0 saturated carbocycles. The summed E-state index contributed by atoms with van der Waals surface area (Å²) < 4.78 is 11.1. The van der Waals surface area contributed by atoms with Gasteiger partial charge in [0.15, 0.2) is 11.5 Å². The van der Waals surface area contributed by atoms with Crippen LogP contribution in [0.25, 0.3) is 0 Å². The molecule has 1 fully saturated rings. The second-order valence-electron chi connectivity index (χ2n) is 7.41. The van der Waals surface area contributed by atoms with Crippen molar-refractivity contribution in [1.82, 2.24) is 10.2 Å². The van der Waals surface area contributed by atoms with Gasteiger partial charge in [-0.3, -0.25) is 4.90 Å². The summed E-state index contributed by atoms with van der Waals surface area (Å²) in [6.07, 6.45) is 2.54. The van der Waals surface area contributed by atoms with Crippen LogP contribution in [0, 0.1) is 12.8 Å². The Hall–Kier alpha value is -2.04. The molecule has 0 bridgehead atoms. The van der Waals surface area contributed by atoms with Crippen molar-refractivity contribution in [3.8, 4) is 11.5 Å². The van der Waals surface area contributed by atoms with E-state index in [4.69, 9.17) is 9.47 Å². The summed E-state index contributed by atoms with van der Waals surface area (Å²) >= 11 is 0.